The van der Waals surface area contributed by atoms with Gasteiger partial charge in [0.25, 0.3) is 0 Å². The SMILES string of the molecule is COc1ccc2ncc(N(C)C)c([C@@H](F)CCC3(C(=O)O)CCN(CCOc4cc(F)cc(F)c4)CC3)c2c1. The molecule has 39 heavy (non-hydrogen) atoms. The molecule has 1 aromatic heterocycles. The molecule has 1 aliphatic heterocycles. The highest BCUT2D eigenvalue weighted by atomic mass is 19.1. The zero-order chi connectivity index (χ0) is 28.2. The van der Waals surface area contributed by atoms with E-state index in [9.17, 15) is 18.7 Å². The molecule has 0 bridgehead atoms. The van der Waals surface area contributed by atoms with Crippen molar-refractivity contribution in [3.05, 3.63) is 59.8 Å². The third-order valence-electron chi connectivity index (χ3n) is 7.55. The number of halogens is 3. The van der Waals surface area contributed by atoms with Crippen molar-refractivity contribution >= 4 is 22.6 Å². The molecule has 1 saturated heterocycles. The zero-order valence-electron chi connectivity index (χ0n) is 22.4. The lowest BCUT2D eigenvalue weighted by atomic mass is 9.74. The van der Waals surface area contributed by atoms with Gasteiger partial charge in [0.1, 0.15) is 35.9 Å². The number of aromatic nitrogens is 1. The number of carboxylic acid groups (broad SMARTS) is 1. The number of piperidine rings is 1. The Bertz CT molecular complexity index is 1290. The Hall–Kier alpha value is -3.53. The van der Waals surface area contributed by atoms with E-state index < -0.39 is 29.2 Å². The van der Waals surface area contributed by atoms with E-state index in [1.807, 2.05) is 14.1 Å². The molecule has 0 radical (unpaired) electrons. The number of likely N-dealkylation sites (tertiary alicyclic amines) is 1. The molecule has 7 nitrogen and oxygen atoms in total. The second kappa shape index (κ2) is 12.1. The third kappa shape index (κ3) is 6.55. The Labute approximate surface area is 226 Å². The van der Waals surface area contributed by atoms with Gasteiger partial charge in [-0.05, 0) is 57.0 Å². The second-order valence-corrected chi connectivity index (χ2v) is 10.2. The number of hydrogen-bond donors (Lipinski definition) is 1. The van der Waals surface area contributed by atoms with E-state index in [1.165, 1.54) is 0 Å². The lowest BCUT2D eigenvalue weighted by Gasteiger charge is -2.39. The predicted octanol–water partition coefficient (Wildman–Crippen LogP) is 5.62. The van der Waals surface area contributed by atoms with Crippen molar-refractivity contribution in [2.75, 3.05) is 52.3 Å². The van der Waals surface area contributed by atoms with Crippen molar-refractivity contribution in [1.82, 2.24) is 9.88 Å². The van der Waals surface area contributed by atoms with Crippen molar-refractivity contribution in [3.63, 3.8) is 0 Å². The number of pyridine rings is 1. The van der Waals surface area contributed by atoms with Crippen LogP contribution in [0, 0.1) is 17.0 Å². The van der Waals surface area contributed by atoms with Crippen LogP contribution in [0.2, 0.25) is 0 Å². The zero-order valence-corrected chi connectivity index (χ0v) is 22.4. The van der Waals surface area contributed by atoms with E-state index in [4.69, 9.17) is 9.47 Å². The van der Waals surface area contributed by atoms with E-state index >= 15 is 4.39 Å². The molecule has 2 aromatic carbocycles. The molecule has 1 aliphatic rings. The number of anilines is 1. The van der Waals surface area contributed by atoms with Gasteiger partial charge in [0.2, 0.25) is 0 Å². The quantitative estimate of drug-likeness (QED) is 0.335. The Morgan fingerprint density at radius 2 is 1.82 bits per heavy atom. The smallest absolute Gasteiger partial charge is 0.309 e. The normalized spacial score (nSPS) is 16.2. The lowest BCUT2D eigenvalue weighted by Crippen LogP contribution is -2.45. The summed E-state index contributed by atoms with van der Waals surface area (Å²) in [5.41, 5.74) is 0.726. The number of ether oxygens (including phenoxy) is 2. The number of aliphatic carboxylic acids is 1. The van der Waals surface area contributed by atoms with Crippen LogP contribution in [0.25, 0.3) is 10.9 Å². The van der Waals surface area contributed by atoms with Crippen LogP contribution < -0.4 is 14.4 Å². The van der Waals surface area contributed by atoms with Crippen molar-refractivity contribution in [3.8, 4) is 11.5 Å². The number of methoxy groups -OCH3 is 1. The maximum absolute atomic E-state index is 16.0. The van der Waals surface area contributed by atoms with Crippen molar-refractivity contribution in [2.24, 2.45) is 5.41 Å². The first-order valence-electron chi connectivity index (χ1n) is 12.9. The summed E-state index contributed by atoms with van der Waals surface area (Å²) < 4.78 is 53.5. The molecule has 2 heterocycles. The molecule has 1 N–H and O–H groups in total. The van der Waals surface area contributed by atoms with Gasteiger partial charge in [-0.15, -0.1) is 0 Å². The van der Waals surface area contributed by atoms with Crippen LogP contribution in [-0.2, 0) is 4.79 Å². The van der Waals surface area contributed by atoms with E-state index in [-0.39, 0.29) is 25.2 Å². The van der Waals surface area contributed by atoms with Crippen LogP contribution in [0.5, 0.6) is 11.5 Å². The maximum atomic E-state index is 16.0. The van der Waals surface area contributed by atoms with Gasteiger partial charge in [0, 0.05) is 49.8 Å². The molecule has 0 amide bonds. The Morgan fingerprint density at radius 1 is 1.13 bits per heavy atom. The molecule has 10 heteroatoms. The van der Waals surface area contributed by atoms with Crippen molar-refractivity contribution < 1.29 is 32.5 Å². The second-order valence-electron chi connectivity index (χ2n) is 10.2. The highest BCUT2D eigenvalue weighted by molar-refractivity contribution is 5.88. The molecule has 0 spiro atoms. The van der Waals surface area contributed by atoms with Gasteiger partial charge >= 0.3 is 5.97 Å². The van der Waals surface area contributed by atoms with Gasteiger partial charge in [-0.3, -0.25) is 14.7 Å². The highest BCUT2D eigenvalue weighted by Crippen LogP contribution is 2.43. The molecule has 3 aromatic rings. The number of alkyl halides is 1. The maximum Gasteiger partial charge on any atom is 0.309 e. The highest BCUT2D eigenvalue weighted by Gasteiger charge is 2.42. The Kier molecular flexibility index (Phi) is 8.84. The monoisotopic (exact) mass is 545 g/mol. The first-order chi connectivity index (χ1) is 18.6. The van der Waals surface area contributed by atoms with Crippen LogP contribution in [0.4, 0.5) is 18.9 Å². The minimum Gasteiger partial charge on any atom is -0.497 e. The molecular weight excluding hydrogens is 511 g/mol. The van der Waals surface area contributed by atoms with Crippen LogP contribution >= 0.6 is 0 Å². The molecule has 0 saturated carbocycles. The molecule has 210 valence electrons. The van der Waals surface area contributed by atoms with Gasteiger partial charge in [0.15, 0.2) is 0 Å². The number of carboxylic acids is 1. The average molecular weight is 546 g/mol. The van der Waals surface area contributed by atoms with Gasteiger partial charge in [-0.1, -0.05) is 0 Å². The van der Waals surface area contributed by atoms with Crippen molar-refractivity contribution in [2.45, 2.75) is 31.9 Å². The summed E-state index contributed by atoms with van der Waals surface area (Å²) in [4.78, 5) is 20.7. The van der Waals surface area contributed by atoms with Crippen LogP contribution in [0.3, 0.4) is 0 Å². The lowest BCUT2D eigenvalue weighted by molar-refractivity contribution is -0.153. The first kappa shape index (κ1) is 28.5. The predicted molar refractivity (Wildman–Crippen MR) is 143 cm³/mol. The number of carbonyl (C=O) groups is 1. The van der Waals surface area contributed by atoms with Gasteiger partial charge < -0.3 is 19.5 Å². The topological polar surface area (TPSA) is 75.1 Å². The average Bonchev–Trinajstić information content (AvgIpc) is 2.90. The summed E-state index contributed by atoms with van der Waals surface area (Å²) in [6.07, 6.45) is 1.23. The first-order valence-corrected chi connectivity index (χ1v) is 12.9. The van der Waals surface area contributed by atoms with Crippen molar-refractivity contribution in [1.29, 1.82) is 0 Å². The summed E-state index contributed by atoms with van der Waals surface area (Å²) in [6, 6.07) is 8.34. The number of fused-ring (bicyclic) bond motifs is 1. The molecule has 1 atom stereocenters. The minimum atomic E-state index is -1.39. The fraction of sp³-hybridized carbons (Fsp3) is 0.448. The fourth-order valence-corrected chi connectivity index (χ4v) is 5.22. The van der Waals surface area contributed by atoms with Gasteiger partial charge in [-0.2, -0.15) is 0 Å². The summed E-state index contributed by atoms with van der Waals surface area (Å²) in [7, 11) is 5.19. The number of rotatable bonds is 11. The van der Waals surface area contributed by atoms with Crippen LogP contribution in [0.1, 0.15) is 37.4 Å². The van der Waals surface area contributed by atoms with E-state index in [2.05, 4.69) is 9.88 Å². The Balaban J connectivity index is 1.41. The van der Waals surface area contributed by atoms with Crippen LogP contribution in [-0.4, -0.2) is 68.4 Å². The minimum absolute atomic E-state index is 0.0533. The number of nitrogens with zero attached hydrogens (tertiary/aromatic N) is 3. The molecule has 1 fully saturated rings. The molecule has 0 unspecified atom stereocenters. The number of hydrogen-bond acceptors (Lipinski definition) is 6. The summed E-state index contributed by atoms with van der Waals surface area (Å²) in [5.74, 6) is -1.64. The van der Waals surface area contributed by atoms with Gasteiger partial charge in [0.05, 0.1) is 29.9 Å². The molecule has 4 rings (SSSR count). The third-order valence-corrected chi connectivity index (χ3v) is 7.55. The van der Waals surface area contributed by atoms with E-state index in [0.29, 0.717) is 60.4 Å². The molecule has 0 aliphatic carbocycles. The standard InChI is InChI=1S/C29H34F3N3O4/c1-34(2)26-18-33-25-5-4-21(38-3)17-23(25)27(26)24(32)6-7-29(28(36)37)8-10-35(11-9-29)12-13-39-22-15-19(30)14-20(31)16-22/h4-5,14-18,24H,6-13H2,1-3H3,(H,36,37)/t24-/m0/s1. The molecular formula is C29H34F3N3O4. The fourth-order valence-electron chi connectivity index (χ4n) is 5.22. The van der Waals surface area contributed by atoms with E-state index in [1.54, 1.807) is 36.4 Å². The van der Waals surface area contributed by atoms with E-state index in [0.717, 1.165) is 18.2 Å². The Morgan fingerprint density at radius 3 is 2.44 bits per heavy atom. The summed E-state index contributed by atoms with van der Waals surface area (Å²) >= 11 is 0. The largest absolute Gasteiger partial charge is 0.497 e. The summed E-state index contributed by atoms with van der Waals surface area (Å²) in [5, 5.41) is 10.8. The summed E-state index contributed by atoms with van der Waals surface area (Å²) in [6.45, 7) is 1.70. The van der Waals surface area contributed by atoms with Gasteiger partial charge in [-0.25, -0.2) is 13.2 Å². The number of benzene rings is 2. The van der Waals surface area contributed by atoms with Crippen LogP contribution in [0.15, 0.2) is 42.6 Å².